The molecule has 4 aliphatic rings. The van der Waals surface area contributed by atoms with Crippen LogP contribution in [0.4, 0.5) is 0 Å². The second-order valence-electron chi connectivity index (χ2n) is 10.4. The standard InChI is InChI=1S/C22H29BN4O2/c1-13-10-22(28)6-4-14(11-22)17(13)19-18-15-5-8-24-20(15)25-12-16(18)23-27(26-19)9-7-21(2,3)29-23/h5,8,12-14,17,28H,4,6-7,9-11H2,1-3H3,(H,24,25)/t13-,14+,17-,22-/m1/s1. The maximum absolute atomic E-state index is 10.9. The fraction of sp³-hybridized carbons (Fsp3) is 0.636. The van der Waals surface area contributed by atoms with E-state index >= 15 is 0 Å². The summed E-state index contributed by atoms with van der Waals surface area (Å²) < 4.78 is 6.50. The Balaban J connectivity index is 1.52. The molecule has 3 fully saturated rings. The number of nitrogens with one attached hydrogen (secondary N) is 1. The van der Waals surface area contributed by atoms with Crippen molar-refractivity contribution < 1.29 is 9.76 Å². The largest absolute Gasteiger partial charge is 0.471 e. The molecule has 2 N–H and O–H groups in total. The first-order chi connectivity index (χ1) is 13.8. The first-order valence-electron chi connectivity index (χ1n) is 11.1. The maximum Gasteiger partial charge on any atom is 0.471 e. The van der Waals surface area contributed by atoms with Crippen molar-refractivity contribution in [3.05, 3.63) is 24.0 Å². The van der Waals surface area contributed by atoms with Crippen molar-refractivity contribution in [2.45, 2.75) is 64.1 Å². The number of rotatable bonds is 1. The molecule has 2 aliphatic heterocycles. The zero-order valence-electron chi connectivity index (χ0n) is 17.5. The second-order valence-corrected chi connectivity index (χ2v) is 10.4. The molecule has 0 spiro atoms. The first kappa shape index (κ1) is 18.0. The molecule has 2 aromatic heterocycles. The van der Waals surface area contributed by atoms with Crippen molar-refractivity contribution >= 4 is 29.3 Å². The van der Waals surface area contributed by atoms with Gasteiger partial charge in [0.05, 0.1) is 11.3 Å². The molecule has 2 bridgehead atoms. The van der Waals surface area contributed by atoms with Gasteiger partial charge in [-0.25, -0.2) is 4.98 Å². The van der Waals surface area contributed by atoms with Crippen LogP contribution in [0.5, 0.6) is 0 Å². The number of hydrogen-bond donors (Lipinski definition) is 2. The van der Waals surface area contributed by atoms with E-state index in [-0.39, 0.29) is 12.7 Å². The van der Waals surface area contributed by atoms with Crippen LogP contribution in [0.15, 0.2) is 23.6 Å². The number of pyridine rings is 1. The lowest BCUT2D eigenvalue weighted by atomic mass is 9.62. The van der Waals surface area contributed by atoms with Gasteiger partial charge in [0.15, 0.2) is 0 Å². The Morgan fingerprint density at radius 2 is 2.17 bits per heavy atom. The van der Waals surface area contributed by atoms with Crippen LogP contribution in [-0.4, -0.2) is 50.5 Å². The van der Waals surface area contributed by atoms with Gasteiger partial charge >= 0.3 is 7.05 Å². The fourth-order valence-corrected chi connectivity index (χ4v) is 6.49. The number of nitrogens with zero attached hydrogens (tertiary/aromatic N) is 3. The van der Waals surface area contributed by atoms with Crippen molar-refractivity contribution in [3.63, 3.8) is 0 Å². The Labute approximate surface area is 171 Å². The Morgan fingerprint density at radius 1 is 1.31 bits per heavy atom. The molecule has 0 aromatic carbocycles. The molecule has 0 amide bonds. The van der Waals surface area contributed by atoms with Crippen molar-refractivity contribution in [1.29, 1.82) is 0 Å². The normalized spacial score (nSPS) is 35.4. The SMILES string of the molecule is C[C@@H]1C[C@]2(O)CC[C@@H](C2)[C@@H]1C1=NN2CCC(C)(C)OB2c2cnc3[nH]ccc3c21. The minimum absolute atomic E-state index is 0.168. The van der Waals surface area contributed by atoms with Gasteiger partial charge in [-0.2, -0.15) is 5.10 Å². The van der Waals surface area contributed by atoms with Crippen LogP contribution in [0.1, 0.15) is 58.4 Å². The van der Waals surface area contributed by atoms with Gasteiger partial charge in [0.1, 0.15) is 5.65 Å². The van der Waals surface area contributed by atoms with Gasteiger partial charge < -0.3 is 19.7 Å². The average molecular weight is 392 g/mol. The highest BCUT2D eigenvalue weighted by atomic mass is 16.5. The lowest BCUT2D eigenvalue weighted by Gasteiger charge is -2.46. The summed E-state index contributed by atoms with van der Waals surface area (Å²) in [6.45, 7) is 7.51. The van der Waals surface area contributed by atoms with E-state index in [4.69, 9.17) is 14.7 Å². The lowest BCUT2D eigenvalue weighted by molar-refractivity contribution is -0.00778. The Kier molecular flexibility index (Phi) is 3.62. The summed E-state index contributed by atoms with van der Waals surface area (Å²) in [7, 11) is -0.177. The summed E-state index contributed by atoms with van der Waals surface area (Å²) in [5.41, 5.74) is 3.82. The topological polar surface area (TPSA) is 73.7 Å². The lowest BCUT2D eigenvalue weighted by Crippen LogP contribution is -2.61. The molecule has 1 saturated heterocycles. The molecule has 6 rings (SSSR count). The molecule has 2 saturated carbocycles. The third-order valence-electron chi connectivity index (χ3n) is 7.78. The Morgan fingerprint density at radius 3 is 3.03 bits per heavy atom. The molecule has 2 aliphatic carbocycles. The molecular formula is C22H29BN4O2. The predicted octanol–water partition coefficient (Wildman–Crippen LogP) is 2.66. The van der Waals surface area contributed by atoms with E-state index < -0.39 is 5.60 Å². The van der Waals surface area contributed by atoms with Crippen molar-refractivity contribution in [1.82, 2.24) is 14.9 Å². The minimum Gasteiger partial charge on any atom is -0.407 e. The van der Waals surface area contributed by atoms with Gasteiger partial charge in [0.25, 0.3) is 0 Å². The summed E-state index contributed by atoms with van der Waals surface area (Å²) in [6, 6.07) is 2.12. The molecular weight excluding hydrogens is 363 g/mol. The third-order valence-corrected chi connectivity index (χ3v) is 7.78. The van der Waals surface area contributed by atoms with Crippen LogP contribution in [0.3, 0.4) is 0 Å². The minimum atomic E-state index is -0.457. The van der Waals surface area contributed by atoms with E-state index in [0.29, 0.717) is 17.8 Å². The summed E-state index contributed by atoms with van der Waals surface area (Å²) >= 11 is 0. The zero-order valence-corrected chi connectivity index (χ0v) is 17.5. The molecule has 0 radical (unpaired) electrons. The van der Waals surface area contributed by atoms with Crippen LogP contribution < -0.4 is 5.46 Å². The van der Waals surface area contributed by atoms with E-state index in [2.05, 4.69) is 36.7 Å². The van der Waals surface area contributed by atoms with E-state index in [1.54, 1.807) is 0 Å². The number of aromatic amines is 1. The number of hydrazone groups is 1. The zero-order chi connectivity index (χ0) is 20.0. The molecule has 4 heterocycles. The summed E-state index contributed by atoms with van der Waals surface area (Å²) in [6.07, 6.45) is 8.71. The van der Waals surface area contributed by atoms with Gasteiger partial charge in [0.2, 0.25) is 0 Å². The fourth-order valence-electron chi connectivity index (χ4n) is 6.49. The van der Waals surface area contributed by atoms with Crippen LogP contribution in [0.25, 0.3) is 11.0 Å². The summed E-state index contributed by atoms with van der Waals surface area (Å²) in [5.74, 6) is 1.28. The summed E-state index contributed by atoms with van der Waals surface area (Å²) in [5, 5.41) is 17.3. The van der Waals surface area contributed by atoms with Gasteiger partial charge in [-0.3, -0.25) is 0 Å². The number of hydrogen-bond acceptors (Lipinski definition) is 5. The van der Waals surface area contributed by atoms with Crippen molar-refractivity contribution in [2.24, 2.45) is 22.9 Å². The number of aromatic nitrogens is 2. The van der Waals surface area contributed by atoms with Crippen LogP contribution >= 0.6 is 0 Å². The number of aliphatic hydroxyl groups is 1. The molecule has 29 heavy (non-hydrogen) atoms. The van der Waals surface area contributed by atoms with Gasteiger partial charge in [0, 0.05) is 46.9 Å². The second kappa shape index (κ2) is 5.85. The molecule has 4 atom stereocenters. The van der Waals surface area contributed by atoms with Crippen LogP contribution in [-0.2, 0) is 4.65 Å². The van der Waals surface area contributed by atoms with E-state index in [1.807, 2.05) is 12.4 Å². The molecule has 6 nitrogen and oxygen atoms in total. The monoisotopic (exact) mass is 392 g/mol. The summed E-state index contributed by atoms with van der Waals surface area (Å²) in [4.78, 5) is 10.1. The Bertz CT molecular complexity index is 1020. The quantitative estimate of drug-likeness (QED) is 0.732. The van der Waals surface area contributed by atoms with Crippen molar-refractivity contribution in [3.8, 4) is 0 Å². The molecule has 0 unspecified atom stereocenters. The highest BCUT2D eigenvalue weighted by molar-refractivity contribution is 6.68. The van der Waals surface area contributed by atoms with E-state index in [0.717, 1.165) is 55.1 Å². The highest BCUT2D eigenvalue weighted by Crippen LogP contribution is 2.52. The van der Waals surface area contributed by atoms with Crippen LogP contribution in [0, 0.1) is 17.8 Å². The third kappa shape index (κ3) is 2.63. The van der Waals surface area contributed by atoms with Gasteiger partial charge in [-0.1, -0.05) is 6.92 Å². The average Bonchev–Trinajstić information content (AvgIpc) is 3.25. The maximum atomic E-state index is 10.9. The van der Waals surface area contributed by atoms with E-state index in [1.165, 1.54) is 11.3 Å². The molecule has 7 heteroatoms. The predicted molar refractivity (Wildman–Crippen MR) is 114 cm³/mol. The molecule has 2 aromatic rings. The highest BCUT2D eigenvalue weighted by Gasteiger charge is 2.52. The van der Waals surface area contributed by atoms with E-state index in [9.17, 15) is 5.11 Å². The van der Waals surface area contributed by atoms with Gasteiger partial charge in [-0.05, 0) is 63.9 Å². The van der Waals surface area contributed by atoms with Crippen molar-refractivity contribution in [2.75, 3.05) is 6.54 Å². The number of fused-ring (bicyclic) bond motifs is 7. The van der Waals surface area contributed by atoms with Gasteiger partial charge in [-0.15, -0.1) is 0 Å². The number of H-pyrrole nitrogens is 1. The first-order valence-corrected chi connectivity index (χ1v) is 11.1. The Hall–Kier alpha value is -1.86. The molecule has 152 valence electrons. The van der Waals surface area contributed by atoms with Crippen LogP contribution in [0.2, 0.25) is 0 Å². The smallest absolute Gasteiger partial charge is 0.407 e.